The van der Waals surface area contributed by atoms with E-state index >= 15 is 0 Å². The standard InChI is InChI=1S/C26H35N3.ClH/c1-20-8-6-9-21(18-20)23(14-17-28-16-7-15-27)25-19-29(22-10-2-3-11-22)26-13-5-4-12-24(25)26;/h4-6,8-9,12-13,18-19,22-23,28H,2-3,7,10-11,14-17,27H2,1H3;1H. The second-order valence-electron chi connectivity index (χ2n) is 8.59. The van der Waals surface area contributed by atoms with E-state index in [4.69, 9.17) is 5.73 Å². The minimum atomic E-state index is 0. The van der Waals surface area contributed by atoms with Crippen molar-refractivity contribution in [3.63, 3.8) is 0 Å². The topological polar surface area (TPSA) is 43.0 Å². The fourth-order valence-corrected chi connectivity index (χ4v) is 4.98. The molecule has 1 saturated carbocycles. The number of fused-ring (bicyclic) bond motifs is 1. The van der Waals surface area contributed by atoms with Crippen molar-refractivity contribution in [1.82, 2.24) is 9.88 Å². The number of rotatable bonds is 9. The van der Waals surface area contributed by atoms with E-state index in [1.807, 2.05) is 0 Å². The van der Waals surface area contributed by atoms with Crippen LogP contribution in [0.5, 0.6) is 0 Å². The van der Waals surface area contributed by atoms with Gasteiger partial charge in [-0.3, -0.25) is 0 Å². The monoisotopic (exact) mass is 425 g/mol. The molecule has 3 aromatic rings. The molecule has 162 valence electrons. The summed E-state index contributed by atoms with van der Waals surface area (Å²) >= 11 is 0. The minimum Gasteiger partial charge on any atom is -0.344 e. The molecule has 0 spiro atoms. The van der Waals surface area contributed by atoms with Crippen LogP contribution in [0.2, 0.25) is 0 Å². The van der Waals surface area contributed by atoms with Crippen molar-refractivity contribution in [2.75, 3.05) is 19.6 Å². The van der Waals surface area contributed by atoms with E-state index in [1.165, 1.54) is 53.3 Å². The largest absolute Gasteiger partial charge is 0.344 e. The molecule has 1 aliphatic rings. The van der Waals surface area contributed by atoms with Gasteiger partial charge >= 0.3 is 0 Å². The predicted octanol–water partition coefficient (Wildman–Crippen LogP) is 5.95. The molecule has 1 atom stereocenters. The van der Waals surface area contributed by atoms with Crippen LogP contribution in [0.15, 0.2) is 54.7 Å². The number of hydrogen-bond donors (Lipinski definition) is 2. The highest BCUT2D eigenvalue weighted by Gasteiger charge is 2.24. The van der Waals surface area contributed by atoms with E-state index in [0.717, 1.165) is 32.5 Å². The van der Waals surface area contributed by atoms with E-state index < -0.39 is 0 Å². The van der Waals surface area contributed by atoms with Crippen molar-refractivity contribution in [3.05, 3.63) is 71.4 Å². The summed E-state index contributed by atoms with van der Waals surface area (Å²) < 4.78 is 2.59. The third kappa shape index (κ3) is 5.08. The van der Waals surface area contributed by atoms with Gasteiger partial charge in [0.2, 0.25) is 0 Å². The minimum absolute atomic E-state index is 0. The molecule has 4 rings (SSSR count). The number of aryl methyl sites for hydroxylation is 1. The fourth-order valence-electron chi connectivity index (χ4n) is 4.98. The number of hydrogen-bond acceptors (Lipinski definition) is 2. The van der Waals surface area contributed by atoms with E-state index in [-0.39, 0.29) is 12.4 Å². The first-order valence-electron chi connectivity index (χ1n) is 11.3. The molecule has 1 heterocycles. The van der Waals surface area contributed by atoms with Gasteiger partial charge in [0.05, 0.1) is 0 Å². The summed E-state index contributed by atoms with van der Waals surface area (Å²) in [4.78, 5) is 0. The smallest absolute Gasteiger partial charge is 0.0485 e. The van der Waals surface area contributed by atoms with Gasteiger partial charge in [-0.2, -0.15) is 0 Å². The van der Waals surface area contributed by atoms with Crippen molar-refractivity contribution >= 4 is 23.3 Å². The number of aromatic nitrogens is 1. The van der Waals surface area contributed by atoms with Crippen LogP contribution in [0.1, 0.15) is 67.2 Å². The van der Waals surface area contributed by atoms with Gasteiger partial charge < -0.3 is 15.6 Å². The van der Waals surface area contributed by atoms with Gasteiger partial charge in [-0.25, -0.2) is 0 Å². The molecule has 0 saturated heterocycles. The lowest BCUT2D eigenvalue weighted by atomic mass is 9.87. The average molecular weight is 426 g/mol. The molecule has 1 unspecified atom stereocenters. The van der Waals surface area contributed by atoms with Crippen molar-refractivity contribution < 1.29 is 0 Å². The normalized spacial score (nSPS) is 15.4. The highest BCUT2D eigenvalue weighted by molar-refractivity contribution is 5.85. The molecule has 3 N–H and O–H groups in total. The number of nitrogens with zero attached hydrogens (tertiary/aromatic N) is 1. The Kier molecular flexibility index (Phi) is 8.38. The van der Waals surface area contributed by atoms with E-state index in [0.29, 0.717) is 12.0 Å². The van der Waals surface area contributed by atoms with Gasteiger partial charge in [0.25, 0.3) is 0 Å². The second-order valence-corrected chi connectivity index (χ2v) is 8.59. The van der Waals surface area contributed by atoms with Crippen LogP contribution >= 0.6 is 12.4 Å². The highest BCUT2D eigenvalue weighted by atomic mass is 35.5. The second kappa shape index (κ2) is 11.0. The van der Waals surface area contributed by atoms with Gasteiger partial charge in [0, 0.05) is 29.1 Å². The van der Waals surface area contributed by atoms with Crippen molar-refractivity contribution in [1.29, 1.82) is 0 Å². The van der Waals surface area contributed by atoms with E-state index in [9.17, 15) is 0 Å². The first kappa shape index (κ1) is 22.9. The summed E-state index contributed by atoms with van der Waals surface area (Å²) in [6.07, 6.45) is 9.97. The van der Waals surface area contributed by atoms with Crippen molar-refractivity contribution in [2.45, 2.75) is 57.4 Å². The van der Waals surface area contributed by atoms with Crippen LogP contribution in [0.4, 0.5) is 0 Å². The van der Waals surface area contributed by atoms with Crippen LogP contribution in [0, 0.1) is 6.92 Å². The first-order chi connectivity index (χ1) is 14.3. The molecule has 30 heavy (non-hydrogen) atoms. The zero-order chi connectivity index (χ0) is 20.1. The molecule has 4 heteroatoms. The summed E-state index contributed by atoms with van der Waals surface area (Å²) in [6, 6.07) is 18.7. The van der Waals surface area contributed by atoms with Crippen LogP contribution in [-0.4, -0.2) is 24.2 Å². The quantitative estimate of drug-likeness (QED) is 0.416. The first-order valence-corrected chi connectivity index (χ1v) is 11.3. The van der Waals surface area contributed by atoms with Crippen molar-refractivity contribution in [2.24, 2.45) is 5.73 Å². The molecule has 3 nitrogen and oxygen atoms in total. The average Bonchev–Trinajstić information content (AvgIpc) is 3.39. The lowest BCUT2D eigenvalue weighted by Crippen LogP contribution is -2.21. The summed E-state index contributed by atoms with van der Waals surface area (Å²) in [7, 11) is 0. The lowest BCUT2D eigenvalue weighted by Gasteiger charge is -2.19. The molecule has 0 radical (unpaired) electrons. The lowest BCUT2D eigenvalue weighted by molar-refractivity contribution is 0.532. The molecule has 0 aliphatic heterocycles. The van der Waals surface area contributed by atoms with E-state index in [2.05, 4.69) is 71.5 Å². The van der Waals surface area contributed by atoms with E-state index in [1.54, 1.807) is 0 Å². The Hall–Kier alpha value is -1.81. The van der Waals surface area contributed by atoms with Crippen LogP contribution < -0.4 is 11.1 Å². The fraction of sp³-hybridized carbons (Fsp3) is 0.462. The Bertz CT molecular complexity index is 927. The van der Waals surface area contributed by atoms with Gasteiger partial charge in [0.15, 0.2) is 0 Å². The van der Waals surface area contributed by atoms with Crippen LogP contribution in [0.25, 0.3) is 10.9 Å². The number of nitrogens with one attached hydrogen (secondary N) is 1. The van der Waals surface area contributed by atoms with Crippen molar-refractivity contribution in [3.8, 4) is 0 Å². The molecule has 2 aromatic carbocycles. The Balaban J connectivity index is 0.00000256. The number of nitrogens with two attached hydrogens (primary N) is 1. The Morgan fingerprint density at radius 2 is 1.87 bits per heavy atom. The van der Waals surface area contributed by atoms with Gasteiger partial charge in [-0.1, -0.05) is 60.9 Å². The maximum Gasteiger partial charge on any atom is 0.0485 e. The third-order valence-corrected chi connectivity index (χ3v) is 6.48. The van der Waals surface area contributed by atoms with Crippen LogP contribution in [0.3, 0.4) is 0 Å². The zero-order valence-electron chi connectivity index (χ0n) is 18.1. The highest BCUT2D eigenvalue weighted by Crippen LogP contribution is 2.39. The van der Waals surface area contributed by atoms with Crippen LogP contribution in [-0.2, 0) is 0 Å². The molecule has 1 aromatic heterocycles. The Morgan fingerprint density at radius 3 is 2.63 bits per heavy atom. The molecular formula is C26H36ClN3. The number of para-hydroxylation sites is 1. The Labute approximate surface area is 187 Å². The maximum absolute atomic E-state index is 5.65. The molecular weight excluding hydrogens is 390 g/mol. The zero-order valence-corrected chi connectivity index (χ0v) is 19.0. The maximum atomic E-state index is 5.65. The Morgan fingerprint density at radius 1 is 1.07 bits per heavy atom. The SMILES string of the molecule is Cc1cccc(C(CCNCCCN)c2cn(C3CCCC3)c3ccccc23)c1.Cl. The summed E-state index contributed by atoms with van der Waals surface area (Å²) in [5, 5.41) is 5.02. The summed E-state index contributed by atoms with van der Waals surface area (Å²) in [5.74, 6) is 0.410. The molecule has 1 aliphatic carbocycles. The van der Waals surface area contributed by atoms with Gasteiger partial charge in [-0.05, 0) is 69.4 Å². The van der Waals surface area contributed by atoms with Gasteiger partial charge in [0.1, 0.15) is 0 Å². The molecule has 0 amide bonds. The predicted molar refractivity (Wildman–Crippen MR) is 131 cm³/mol. The third-order valence-electron chi connectivity index (χ3n) is 6.48. The number of benzene rings is 2. The molecule has 1 fully saturated rings. The van der Waals surface area contributed by atoms with Gasteiger partial charge in [-0.15, -0.1) is 12.4 Å². The molecule has 0 bridgehead atoms. The summed E-state index contributed by atoms with van der Waals surface area (Å²) in [5.41, 5.74) is 11.3. The summed E-state index contributed by atoms with van der Waals surface area (Å²) in [6.45, 7) is 4.97. The number of halogens is 1.